The number of halogens is 1. The molecule has 0 spiro atoms. The first kappa shape index (κ1) is 23.9. The van der Waals surface area contributed by atoms with Crippen LogP contribution in [0.3, 0.4) is 0 Å². The summed E-state index contributed by atoms with van der Waals surface area (Å²) in [7, 11) is 2.19. The molecule has 2 heterocycles. The number of carboxylic acids is 1. The Morgan fingerprint density at radius 1 is 1.03 bits per heavy atom. The number of fused-ring (bicyclic) bond motifs is 1. The van der Waals surface area contributed by atoms with Crippen LogP contribution in [0.15, 0.2) is 18.2 Å². The zero-order valence-electron chi connectivity index (χ0n) is 18.6. The summed E-state index contributed by atoms with van der Waals surface area (Å²) in [5.41, 5.74) is 3.88. The Balaban J connectivity index is 0.00000272. The maximum atomic E-state index is 13.2. The lowest BCUT2D eigenvalue weighted by atomic mass is 9.83. The number of hydrogen-bond acceptors (Lipinski definition) is 3. The Morgan fingerprint density at radius 3 is 2.55 bits per heavy atom. The number of hydrogen-bond donors (Lipinski definition) is 1. The fourth-order valence-corrected chi connectivity index (χ4v) is 5.42. The molecule has 0 unspecified atom stereocenters. The first-order chi connectivity index (χ1) is 14.5. The SMILES string of the molecule is CN1CCCc2cc(N3CCN(C4CCC(CCC(=O)O)CC4)C3=O)ccc2CC1.Cl. The molecule has 1 aliphatic carbocycles. The van der Waals surface area contributed by atoms with Gasteiger partial charge in [-0.2, -0.15) is 0 Å². The number of carbonyl (C=O) groups excluding carboxylic acids is 1. The Morgan fingerprint density at radius 2 is 1.81 bits per heavy atom. The number of aryl methyl sites for hydroxylation is 1. The molecular formula is C24H36ClN3O3. The van der Waals surface area contributed by atoms with Gasteiger partial charge in [0, 0.05) is 37.8 Å². The van der Waals surface area contributed by atoms with Crippen molar-refractivity contribution in [3.05, 3.63) is 29.3 Å². The number of likely N-dealkylation sites (N-methyl/N-ethyl adjacent to an activating group) is 1. The third-order valence-electron chi connectivity index (χ3n) is 7.31. The molecule has 1 saturated carbocycles. The van der Waals surface area contributed by atoms with E-state index in [0.717, 1.165) is 83.2 Å². The van der Waals surface area contributed by atoms with E-state index in [2.05, 4.69) is 35.0 Å². The van der Waals surface area contributed by atoms with Crippen LogP contribution < -0.4 is 4.90 Å². The van der Waals surface area contributed by atoms with Crippen LogP contribution in [-0.2, 0) is 17.6 Å². The van der Waals surface area contributed by atoms with E-state index in [9.17, 15) is 9.59 Å². The number of carbonyl (C=O) groups is 2. The molecule has 2 aliphatic heterocycles. The zero-order valence-corrected chi connectivity index (χ0v) is 19.4. The molecule has 3 aliphatic rings. The Hall–Kier alpha value is -1.79. The van der Waals surface area contributed by atoms with Gasteiger partial charge in [-0.25, -0.2) is 4.79 Å². The van der Waals surface area contributed by atoms with Crippen LogP contribution in [0, 0.1) is 5.92 Å². The van der Waals surface area contributed by atoms with Crippen LogP contribution in [0.2, 0.25) is 0 Å². The van der Waals surface area contributed by atoms with E-state index in [1.54, 1.807) is 0 Å². The first-order valence-electron chi connectivity index (χ1n) is 11.6. The van der Waals surface area contributed by atoms with Crippen molar-refractivity contribution in [3.63, 3.8) is 0 Å². The third kappa shape index (κ3) is 5.72. The van der Waals surface area contributed by atoms with Gasteiger partial charge in [0.05, 0.1) is 0 Å². The lowest BCUT2D eigenvalue weighted by Crippen LogP contribution is -2.41. The molecule has 1 aromatic carbocycles. The number of anilines is 1. The molecule has 1 saturated heterocycles. The Bertz CT molecular complexity index is 779. The minimum absolute atomic E-state index is 0. The fourth-order valence-electron chi connectivity index (χ4n) is 5.42. The van der Waals surface area contributed by atoms with Crippen molar-refractivity contribution in [2.75, 3.05) is 38.1 Å². The molecule has 4 rings (SSSR count). The molecule has 1 N–H and O–H groups in total. The van der Waals surface area contributed by atoms with Crippen molar-refractivity contribution in [2.24, 2.45) is 5.92 Å². The lowest BCUT2D eigenvalue weighted by Gasteiger charge is -2.34. The van der Waals surface area contributed by atoms with Gasteiger partial charge in [0.25, 0.3) is 0 Å². The molecule has 172 valence electrons. The zero-order chi connectivity index (χ0) is 21.1. The van der Waals surface area contributed by atoms with Gasteiger partial charge in [-0.15, -0.1) is 12.4 Å². The molecule has 6 nitrogen and oxygen atoms in total. The van der Waals surface area contributed by atoms with Gasteiger partial charge in [0.15, 0.2) is 0 Å². The Kier molecular flexibility index (Phi) is 8.23. The van der Waals surface area contributed by atoms with Gasteiger partial charge >= 0.3 is 12.0 Å². The van der Waals surface area contributed by atoms with E-state index in [-0.39, 0.29) is 24.9 Å². The maximum Gasteiger partial charge on any atom is 0.324 e. The van der Waals surface area contributed by atoms with Crippen molar-refractivity contribution in [3.8, 4) is 0 Å². The van der Waals surface area contributed by atoms with E-state index < -0.39 is 5.97 Å². The van der Waals surface area contributed by atoms with Crippen LogP contribution in [0.4, 0.5) is 10.5 Å². The topological polar surface area (TPSA) is 64.1 Å². The first-order valence-corrected chi connectivity index (χ1v) is 11.6. The van der Waals surface area contributed by atoms with Crippen LogP contribution in [-0.4, -0.2) is 66.2 Å². The van der Waals surface area contributed by atoms with Crippen LogP contribution in [0.25, 0.3) is 0 Å². The van der Waals surface area contributed by atoms with Gasteiger partial charge in [-0.05, 0) is 94.1 Å². The average Bonchev–Trinajstić information content (AvgIpc) is 3.11. The summed E-state index contributed by atoms with van der Waals surface area (Å²) >= 11 is 0. The molecule has 1 aromatic rings. The molecule has 7 heteroatoms. The second kappa shape index (κ2) is 10.7. The predicted molar refractivity (Wildman–Crippen MR) is 125 cm³/mol. The van der Waals surface area contributed by atoms with Gasteiger partial charge in [-0.1, -0.05) is 6.07 Å². The van der Waals surface area contributed by atoms with Gasteiger partial charge < -0.3 is 14.9 Å². The summed E-state index contributed by atoms with van der Waals surface area (Å²) in [6.45, 7) is 3.79. The maximum absolute atomic E-state index is 13.2. The fraction of sp³-hybridized carbons (Fsp3) is 0.667. The van der Waals surface area contributed by atoms with E-state index >= 15 is 0 Å². The number of nitrogens with zero attached hydrogens (tertiary/aromatic N) is 3. The molecule has 0 aromatic heterocycles. The monoisotopic (exact) mass is 449 g/mol. The molecule has 2 amide bonds. The van der Waals surface area contributed by atoms with Crippen LogP contribution in [0.1, 0.15) is 56.1 Å². The number of amides is 2. The van der Waals surface area contributed by atoms with E-state index in [1.165, 1.54) is 11.1 Å². The van der Waals surface area contributed by atoms with Gasteiger partial charge in [0.2, 0.25) is 0 Å². The second-order valence-corrected chi connectivity index (χ2v) is 9.34. The summed E-state index contributed by atoms with van der Waals surface area (Å²) in [5.74, 6) is -0.204. The predicted octanol–water partition coefficient (Wildman–Crippen LogP) is 4.19. The average molecular weight is 450 g/mol. The van der Waals surface area contributed by atoms with Crippen LogP contribution >= 0.6 is 12.4 Å². The highest BCUT2D eigenvalue weighted by Crippen LogP contribution is 2.33. The van der Waals surface area contributed by atoms with E-state index in [4.69, 9.17) is 5.11 Å². The molecule has 0 atom stereocenters. The highest BCUT2D eigenvalue weighted by molar-refractivity contribution is 5.94. The lowest BCUT2D eigenvalue weighted by molar-refractivity contribution is -0.137. The number of benzene rings is 1. The second-order valence-electron chi connectivity index (χ2n) is 9.34. The molecule has 2 fully saturated rings. The molecule has 0 radical (unpaired) electrons. The summed E-state index contributed by atoms with van der Waals surface area (Å²) < 4.78 is 0. The largest absolute Gasteiger partial charge is 0.481 e. The Labute approximate surface area is 192 Å². The van der Waals surface area contributed by atoms with E-state index in [1.807, 2.05) is 4.90 Å². The number of aliphatic carboxylic acids is 1. The van der Waals surface area contributed by atoms with Gasteiger partial charge in [-0.3, -0.25) is 9.69 Å². The van der Waals surface area contributed by atoms with Crippen molar-refractivity contribution in [1.29, 1.82) is 0 Å². The highest BCUT2D eigenvalue weighted by atomic mass is 35.5. The van der Waals surface area contributed by atoms with Crippen LogP contribution in [0.5, 0.6) is 0 Å². The highest BCUT2D eigenvalue weighted by Gasteiger charge is 2.36. The number of carboxylic acid groups (broad SMARTS) is 1. The number of urea groups is 1. The van der Waals surface area contributed by atoms with E-state index in [0.29, 0.717) is 12.0 Å². The molecule has 31 heavy (non-hydrogen) atoms. The van der Waals surface area contributed by atoms with Crippen molar-refractivity contribution in [1.82, 2.24) is 9.80 Å². The molecule has 0 bridgehead atoms. The summed E-state index contributed by atoms with van der Waals surface area (Å²) in [4.78, 5) is 30.4. The normalized spacial score (nSPS) is 24.9. The summed E-state index contributed by atoms with van der Waals surface area (Å²) in [6.07, 6.45) is 8.44. The van der Waals surface area contributed by atoms with Crippen molar-refractivity contribution in [2.45, 2.75) is 63.8 Å². The number of rotatable bonds is 5. The minimum atomic E-state index is -0.703. The third-order valence-corrected chi connectivity index (χ3v) is 7.31. The quantitative estimate of drug-likeness (QED) is 0.731. The summed E-state index contributed by atoms with van der Waals surface area (Å²) in [5, 5.41) is 8.90. The van der Waals surface area contributed by atoms with Gasteiger partial charge in [0.1, 0.15) is 0 Å². The standard InChI is InChI=1S/C24H35N3O3.ClH/c1-25-13-2-3-20-17-22(10-7-19(20)12-14-25)27-16-15-26(24(27)30)21-8-4-18(5-9-21)6-11-23(28)29;/h7,10,17-18,21H,2-6,8-9,11-16H2,1H3,(H,28,29);1H. The van der Waals surface area contributed by atoms with Crippen molar-refractivity contribution < 1.29 is 14.7 Å². The smallest absolute Gasteiger partial charge is 0.324 e. The van der Waals surface area contributed by atoms with Crippen molar-refractivity contribution >= 4 is 30.1 Å². The summed E-state index contributed by atoms with van der Waals surface area (Å²) in [6, 6.07) is 7.07. The minimum Gasteiger partial charge on any atom is -0.481 e. The molecular weight excluding hydrogens is 414 g/mol.